The van der Waals surface area contributed by atoms with E-state index >= 15 is 0 Å². The van der Waals surface area contributed by atoms with Gasteiger partial charge in [0.15, 0.2) is 9.84 Å². The molecule has 1 heterocycles. The summed E-state index contributed by atoms with van der Waals surface area (Å²) >= 11 is 0. The van der Waals surface area contributed by atoms with Gasteiger partial charge in [-0.3, -0.25) is 19.2 Å². The Labute approximate surface area is 243 Å². The molecule has 0 spiro atoms. The smallest absolute Gasteiger partial charge is 0.245 e. The molecule has 1 aromatic rings. The highest BCUT2D eigenvalue weighted by Crippen LogP contribution is 2.20. The van der Waals surface area contributed by atoms with Gasteiger partial charge in [0.05, 0.1) is 4.90 Å². The van der Waals surface area contributed by atoms with Crippen LogP contribution in [0, 0.1) is 5.92 Å². The van der Waals surface area contributed by atoms with E-state index < -0.39 is 45.8 Å². The summed E-state index contributed by atoms with van der Waals surface area (Å²) in [6.07, 6.45) is 4.81. The normalized spacial score (nSPS) is 17.7. The number of nitrogens with one attached hydrogen (secondary N) is 3. The van der Waals surface area contributed by atoms with Crippen molar-refractivity contribution >= 4 is 33.5 Å². The van der Waals surface area contributed by atoms with Crippen LogP contribution < -0.4 is 16.0 Å². The third kappa shape index (κ3) is 10.5. The quantitative estimate of drug-likeness (QED) is 0.258. The zero-order valence-corrected chi connectivity index (χ0v) is 25.4. The summed E-state index contributed by atoms with van der Waals surface area (Å²) in [6, 6.07) is 2.16. The van der Waals surface area contributed by atoms with Crippen molar-refractivity contribution in [3.63, 3.8) is 0 Å². The number of unbranched alkanes of at least 4 members (excludes halogenated alkanes) is 1. The zero-order chi connectivity index (χ0) is 30.7. The lowest BCUT2D eigenvalue weighted by Gasteiger charge is -2.29. The topological polar surface area (TPSA) is 162 Å². The SMILES string of the molecule is CCCC[C@H](NC(=O)[C@@H]1CCCN1C(=O)[C@H](C)NC(C)=O)C(=O)N[C@H](/C=C/S(=O)(=O)c1ccc(O)cc1)CC(C)C. The maximum Gasteiger partial charge on any atom is 0.245 e. The first-order chi connectivity index (χ1) is 19.2. The van der Waals surface area contributed by atoms with Crippen LogP contribution in [0.4, 0.5) is 0 Å². The molecule has 4 N–H and O–H groups in total. The van der Waals surface area contributed by atoms with Crippen molar-refractivity contribution in [3.05, 3.63) is 35.7 Å². The van der Waals surface area contributed by atoms with Crippen LogP contribution in [0.15, 0.2) is 40.6 Å². The first-order valence-electron chi connectivity index (χ1n) is 14.2. The summed E-state index contributed by atoms with van der Waals surface area (Å²) in [6.45, 7) is 9.13. The number of sulfone groups is 1. The Bertz CT molecular complexity index is 1200. The summed E-state index contributed by atoms with van der Waals surface area (Å²) in [5.41, 5.74) is 0. The van der Waals surface area contributed by atoms with Crippen molar-refractivity contribution in [2.75, 3.05) is 6.54 Å². The number of carbonyl (C=O) groups excluding carboxylic acids is 4. The Morgan fingerprint density at radius 3 is 2.32 bits per heavy atom. The number of nitrogens with zero attached hydrogens (tertiary/aromatic N) is 1. The molecule has 1 aliphatic heterocycles. The molecule has 0 aliphatic carbocycles. The fourth-order valence-corrected chi connectivity index (χ4v) is 5.82. The molecule has 0 radical (unpaired) electrons. The van der Waals surface area contributed by atoms with E-state index in [1.165, 1.54) is 42.2 Å². The van der Waals surface area contributed by atoms with Crippen molar-refractivity contribution in [1.82, 2.24) is 20.9 Å². The van der Waals surface area contributed by atoms with Crippen LogP contribution in [0.2, 0.25) is 0 Å². The number of phenols is 1. The average molecular weight is 593 g/mol. The Morgan fingerprint density at radius 1 is 1.07 bits per heavy atom. The van der Waals surface area contributed by atoms with Crippen LogP contribution in [0.5, 0.6) is 5.75 Å². The van der Waals surface area contributed by atoms with Gasteiger partial charge < -0.3 is 26.0 Å². The van der Waals surface area contributed by atoms with Crippen molar-refractivity contribution in [1.29, 1.82) is 0 Å². The van der Waals surface area contributed by atoms with Crippen molar-refractivity contribution in [3.8, 4) is 5.75 Å². The predicted molar refractivity (Wildman–Crippen MR) is 155 cm³/mol. The van der Waals surface area contributed by atoms with Gasteiger partial charge >= 0.3 is 0 Å². The van der Waals surface area contributed by atoms with Crippen LogP contribution in [-0.4, -0.2) is 72.8 Å². The predicted octanol–water partition coefficient (Wildman–Crippen LogP) is 2.40. The minimum atomic E-state index is -3.81. The van der Waals surface area contributed by atoms with Gasteiger partial charge in [0, 0.05) is 24.9 Å². The molecular formula is C29H44N4O7S. The highest BCUT2D eigenvalue weighted by atomic mass is 32.2. The van der Waals surface area contributed by atoms with Gasteiger partial charge in [-0.25, -0.2) is 8.42 Å². The number of likely N-dealkylation sites (tertiary alicyclic amines) is 1. The molecule has 1 aliphatic rings. The first kappa shape index (κ1) is 33.8. The lowest BCUT2D eigenvalue weighted by Crippen LogP contribution is -2.56. The maximum atomic E-state index is 13.4. The second-order valence-corrected chi connectivity index (χ2v) is 12.8. The largest absolute Gasteiger partial charge is 0.508 e. The number of benzene rings is 1. The molecule has 0 bridgehead atoms. The zero-order valence-electron chi connectivity index (χ0n) is 24.6. The minimum Gasteiger partial charge on any atom is -0.508 e. The van der Waals surface area contributed by atoms with Gasteiger partial charge in [0.2, 0.25) is 23.6 Å². The number of carbonyl (C=O) groups is 4. The van der Waals surface area contributed by atoms with E-state index in [0.29, 0.717) is 38.6 Å². The number of rotatable bonds is 14. The molecule has 1 fully saturated rings. The molecule has 2 rings (SSSR count). The van der Waals surface area contributed by atoms with Crippen LogP contribution >= 0.6 is 0 Å². The van der Waals surface area contributed by atoms with Crippen molar-refractivity contribution in [2.45, 2.75) is 102 Å². The monoisotopic (exact) mass is 592 g/mol. The van der Waals surface area contributed by atoms with Crippen molar-refractivity contribution in [2.24, 2.45) is 5.92 Å². The number of aromatic hydroxyl groups is 1. The van der Waals surface area contributed by atoms with E-state index in [2.05, 4.69) is 16.0 Å². The summed E-state index contributed by atoms with van der Waals surface area (Å²) in [5, 5.41) is 18.8. The fourth-order valence-electron chi connectivity index (χ4n) is 4.75. The first-order valence-corrected chi connectivity index (χ1v) is 15.7. The number of phenolic OH excluding ortho intramolecular Hbond substituents is 1. The van der Waals surface area contributed by atoms with Gasteiger partial charge in [0.1, 0.15) is 23.9 Å². The van der Waals surface area contributed by atoms with Crippen molar-refractivity contribution < 1.29 is 32.7 Å². The maximum absolute atomic E-state index is 13.4. The molecule has 41 heavy (non-hydrogen) atoms. The third-order valence-electron chi connectivity index (χ3n) is 6.82. The molecular weight excluding hydrogens is 548 g/mol. The molecule has 228 valence electrons. The summed E-state index contributed by atoms with van der Waals surface area (Å²) < 4.78 is 25.6. The van der Waals surface area contributed by atoms with Gasteiger partial charge in [-0.2, -0.15) is 0 Å². The van der Waals surface area contributed by atoms with Crippen LogP contribution in [-0.2, 0) is 29.0 Å². The Morgan fingerprint density at radius 2 is 1.73 bits per heavy atom. The lowest BCUT2D eigenvalue weighted by atomic mass is 10.0. The number of amides is 4. The van der Waals surface area contributed by atoms with E-state index in [4.69, 9.17) is 0 Å². The Balaban J connectivity index is 2.18. The summed E-state index contributed by atoms with van der Waals surface area (Å²) in [5.74, 6) is -1.49. The van der Waals surface area contributed by atoms with E-state index in [9.17, 15) is 32.7 Å². The van der Waals surface area contributed by atoms with Crippen LogP contribution in [0.25, 0.3) is 0 Å². The highest BCUT2D eigenvalue weighted by Gasteiger charge is 2.37. The third-order valence-corrected chi connectivity index (χ3v) is 8.26. The second kappa shape index (κ2) is 15.6. The average Bonchev–Trinajstić information content (AvgIpc) is 3.39. The van der Waals surface area contributed by atoms with Crippen LogP contribution in [0.3, 0.4) is 0 Å². The van der Waals surface area contributed by atoms with E-state index in [1.807, 2.05) is 20.8 Å². The molecule has 11 nitrogen and oxygen atoms in total. The van der Waals surface area contributed by atoms with Gasteiger partial charge in [-0.15, -0.1) is 0 Å². The summed E-state index contributed by atoms with van der Waals surface area (Å²) in [4.78, 5) is 52.5. The lowest BCUT2D eigenvalue weighted by molar-refractivity contribution is -0.141. The fraction of sp³-hybridized carbons (Fsp3) is 0.586. The van der Waals surface area contributed by atoms with Crippen LogP contribution in [0.1, 0.15) is 73.1 Å². The molecule has 1 aromatic carbocycles. The van der Waals surface area contributed by atoms with E-state index in [1.54, 1.807) is 6.92 Å². The van der Waals surface area contributed by atoms with E-state index in [-0.39, 0.29) is 28.4 Å². The molecule has 1 saturated heterocycles. The minimum absolute atomic E-state index is 0.0118. The highest BCUT2D eigenvalue weighted by molar-refractivity contribution is 7.94. The Kier molecular flexibility index (Phi) is 12.8. The molecule has 0 aromatic heterocycles. The number of hydrogen-bond donors (Lipinski definition) is 4. The standard InChI is InChI=1S/C29H44N4O7S/c1-6-7-9-25(32-28(37)26-10-8-16-33(26)29(38)20(4)30-21(5)34)27(36)31-22(18-19(2)3)15-17-41(39,40)24-13-11-23(35)12-14-24/h11-15,17,19-20,22,25-26,35H,6-10,16,18H2,1-5H3,(H,30,34)(H,31,36)(H,32,37)/b17-15+/t20-,22+,25-,26-/m0/s1. The van der Waals surface area contributed by atoms with E-state index in [0.717, 1.165) is 11.8 Å². The molecule has 0 saturated carbocycles. The Hall–Kier alpha value is -3.41. The second-order valence-electron chi connectivity index (χ2n) is 10.9. The van der Waals surface area contributed by atoms with Gasteiger partial charge in [-0.1, -0.05) is 39.7 Å². The van der Waals surface area contributed by atoms with Gasteiger partial charge in [-0.05, 0) is 62.8 Å². The molecule has 12 heteroatoms. The number of hydrogen-bond acceptors (Lipinski definition) is 7. The van der Waals surface area contributed by atoms with Gasteiger partial charge in [0.25, 0.3) is 0 Å². The summed E-state index contributed by atoms with van der Waals surface area (Å²) in [7, 11) is -3.81. The molecule has 4 amide bonds. The molecule has 4 atom stereocenters. The molecule has 0 unspecified atom stereocenters.